The zero-order valence-electron chi connectivity index (χ0n) is 15.0. The number of likely N-dealkylation sites (N-methyl/N-ethyl adjacent to an activating group) is 1. The van der Waals surface area contributed by atoms with E-state index < -0.39 is 6.04 Å². The molecule has 25 heavy (non-hydrogen) atoms. The fourth-order valence-electron chi connectivity index (χ4n) is 2.25. The molecule has 0 aliphatic carbocycles. The van der Waals surface area contributed by atoms with Crippen molar-refractivity contribution in [3.05, 3.63) is 40.9 Å². The van der Waals surface area contributed by atoms with Gasteiger partial charge in [0.05, 0.1) is 11.3 Å². The van der Waals surface area contributed by atoms with Crippen molar-refractivity contribution in [3.8, 4) is 0 Å². The van der Waals surface area contributed by atoms with E-state index in [1.165, 1.54) is 16.7 Å². The molecule has 2 heterocycles. The molecule has 0 bridgehead atoms. The minimum absolute atomic E-state index is 0.165. The molecule has 2 aromatic heterocycles. The summed E-state index contributed by atoms with van der Waals surface area (Å²) in [6.45, 7) is 5.40. The molecule has 0 aliphatic rings. The minimum atomic E-state index is -0.608. The molecule has 0 radical (unpaired) electrons. The number of carbonyl (C=O) groups excluding carboxylic acids is 2. The van der Waals surface area contributed by atoms with Crippen LogP contribution in [0.25, 0.3) is 0 Å². The van der Waals surface area contributed by atoms with Gasteiger partial charge in [-0.15, -0.1) is 11.8 Å². The maximum absolute atomic E-state index is 12.5. The van der Waals surface area contributed by atoms with Gasteiger partial charge in [0.1, 0.15) is 16.8 Å². The van der Waals surface area contributed by atoms with Crippen molar-refractivity contribution < 1.29 is 14.1 Å². The summed E-state index contributed by atoms with van der Waals surface area (Å²) >= 11 is 1.44. The van der Waals surface area contributed by atoms with E-state index in [2.05, 4.69) is 15.5 Å². The smallest absolute Gasteiger partial charge is 0.254 e. The molecular formula is C17H22N4O3S. The fourth-order valence-corrected chi connectivity index (χ4v) is 3.40. The maximum atomic E-state index is 12.5. The first-order valence-electron chi connectivity index (χ1n) is 7.82. The van der Waals surface area contributed by atoms with Crippen LogP contribution in [0.5, 0.6) is 0 Å². The lowest BCUT2D eigenvalue weighted by Crippen LogP contribution is -2.44. The Bertz CT molecular complexity index is 754. The number of hydrogen-bond donors (Lipinski definition) is 1. The average Bonchev–Trinajstić information content (AvgIpc) is 2.90. The molecule has 2 rings (SSSR count). The normalized spacial score (nSPS) is 11.9. The van der Waals surface area contributed by atoms with E-state index in [9.17, 15) is 9.59 Å². The van der Waals surface area contributed by atoms with Gasteiger partial charge in [0, 0.05) is 31.6 Å². The van der Waals surface area contributed by atoms with E-state index in [0.29, 0.717) is 16.3 Å². The number of amides is 2. The summed E-state index contributed by atoms with van der Waals surface area (Å²) < 4.78 is 5.16. The quantitative estimate of drug-likeness (QED) is 0.793. The molecule has 0 aromatic carbocycles. The molecule has 7 nitrogen and oxygen atoms in total. The molecule has 0 saturated heterocycles. The summed E-state index contributed by atoms with van der Waals surface area (Å²) in [7, 11) is 3.31. The molecular weight excluding hydrogens is 340 g/mol. The van der Waals surface area contributed by atoms with Crippen LogP contribution in [0, 0.1) is 13.8 Å². The number of thioether (sulfide) groups is 1. The van der Waals surface area contributed by atoms with Gasteiger partial charge in [-0.3, -0.25) is 9.59 Å². The third-order valence-corrected chi connectivity index (χ3v) is 4.74. The Morgan fingerprint density at radius 2 is 2.08 bits per heavy atom. The first-order chi connectivity index (χ1) is 11.8. The van der Waals surface area contributed by atoms with Crippen molar-refractivity contribution in [2.24, 2.45) is 0 Å². The Labute approximate surface area is 151 Å². The second-order valence-corrected chi connectivity index (χ2v) is 6.84. The van der Waals surface area contributed by atoms with Crippen LogP contribution < -0.4 is 5.32 Å². The van der Waals surface area contributed by atoms with Crippen molar-refractivity contribution >= 4 is 23.6 Å². The Morgan fingerprint density at radius 1 is 1.36 bits per heavy atom. The number of hydrogen-bond acceptors (Lipinski definition) is 6. The van der Waals surface area contributed by atoms with Crippen molar-refractivity contribution in [2.45, 2.75) is 37.6 Å². The highest BCUT2D eigenvalue weighted by Crippen LogP contribution is 2.27. The van der Waals surface area contributed by atoms with Gasteiger partial charge in [-0.25, -0.2) is 4.98 Å². The molecule has 0 spiro atoms. The lowest BCUT2D eigenvalue weighted by Gasteiger charge is -2.18. The number of pyridine rings is 1. The summed E-state index contributed by atoms with van der Waals surface area (Å²) in [4.78, 5) is 30.2. The highest BCUT2D eigenvalue weighted by atomic mass is 32.2. The number of rotatable bonds is 6. The van der Waals surface area contributed by atoms with Gasteiger partial charge < -0.3 is 14.7 Å². The Kier molecular flexibility index (Phi) is 6.19. The van der Waals surface area contributed by atoms with Gasteiger partial charge >= 0.3 is 0 Å². The Hall–Kier alpha value is -2.35. The van der Waals surface area contributed by atoms with Crippen molar-refractivity contribution in [3.63, 3.8) is 0 Å². The second-order valence-electron chi connectivity index (χ2n) is 5.88. The van der Waals surface area contributed by atoms with Crippen LogP contribution in [-0.2, 0) is 10.5 Å². The third kappa shape index (κ3) is 4.60. The maximum Gasteiger partial charge on any atom is 0.254 e. The molecule has 0 aliphatic heterocycles. The van der Waals surface area contributed by atoms with Crippen LogP contribution in [0.15, 0.2) is 27.9 Å². The van der Waals surface area contributed by atoms with Crippen LogP contribution in [0.4, 0.5) is 0 Å². The highest BCUT2D eigenvalue weighted by Gasteiger charge is 2.21. The Balaban J connectivity index is 2.12. The van der Waals surface area contributed by atoms with Crippen LogP contribution in [0.3, 0.4) is 0 Å². The SMILES string of the molecule is Cc1noc(C)c1CSc1ncccc1C(=O)N[C@@H](C)C(=O)N(C)C. The summed E-state index contributed by atoms with van der Waals surface area (Å²) in [6.07, 6.45) is 1.64. The molecule has 1 atom stereocenters. The molecule has 2 aromatic rings. The molecule has 8 heteroatoms. The van der Waals surface area contributed by atoms with Gasteiger partial charge in [0.15, 0.2) is 0 Å². The van der Waals surface area contributed by atoms with Gasteiger partial charge in [-0.1, -0.05) is 5.16 Å². The fraction of sp³-hybridized carbons (Fsp3) is 0.412. The highest BCUT2D eigenvalue weighted by molar-refractivity contribution is 7.98. The van der Waals surface area contributed by atoms with E-state index >= 15 is 0 Å². The third-order valence-electron chi connectivity index (χ3n) is 3.71. The molecule has 0 unspecified atom stereocenters. The first-order valence-corrected chi connectivity index (χ1v) is 8.81. The molecule has 0 fully saturated rings. The predicted molar refractivity (Wildman–Crippen MR) is 95.4 cm³/mol. The lowest BCUT2D eigenvalue weighted by molar-refractivity contribution is -0.130. The lowest BCUT2D eigenvalue weighted by atomic mass is 10.2. The van der Waals surface area contributed by atoms with Crippen molar-refractivity contribution in [1.29, 1.82) is 0 Å². The summed E-state index contributed by atoms with van der Waals surface area (Å²) in [5.41, 5.74) is 2.27. The Morgan fingerprint density at radius 3 is 2.68 bits per heavy atom. The zero-order chi connectivity index (χ0) is 18.6. The largest absolute Gasteiger partial charge is 0.361 e. The molecule has 1 N–H and O–H groups in total. The molecule has 2 amide bonds. The van der Waals surface area contributed by atoms with Gasteiger partial charge in [0.25, 0.3) is 5.91 Å². The van der Waals surface area contributed by atoms with Crippen molar-refractivity contribution in [1.82, 2.24) is 20.4 Å². The van der Waals surface area contributed by atoms with Gasteiger partial charge in [-0.2, -0.15) is 0 Å². The topological polar surface area (TPSA) is 88.3 Å². The first kappa shape index (κ1) is 19.0. The standard InChI is InChI=1S/C17H22N4O3S/c1-10-14(12(3)24-20-10)9-25-16-13(7-6-8-18-16)15(22)19-11(2)17(23)21(4)5/h6-8,11H,9H2,1-5H3,(H,19,22)/t11-/m0/s1. The molecule has 134 valence electrons. The van der Waals surface area contributed by atoms with E-state index in [0.717, 1.165) is 17.0 Å². The zero-order valence-corrected chi connectivity index (χ0v) is 15.8. The van der Waals surface area contributed by atoms with Crippen LogP contribution >= 0.6 is 11.8 Å². The minimum Gasteiger partial charge on any atom is -0.361 e. The van der Waals surface area contributed by atoms with E-state index in [-0.39, 0.29) is 11.8 Å². The second kappa shape index (κ2) is 8.15. The van der Waals surface area contributed by atoms with E-state index in [1.54, 1.807) is 39.3 Å². The van der Waals surface area contributed by atoms with Crippen LogP contribution in [0.1, 0.15) is 34.3 Å². The van der Waals surface area contributed by atoms with E-state index in [1.807, 2.05) is 13.8 Å². The molecule has 0 saturated carbocycles. The number of nitrogens with one attached hydrogen (secondary N) is 1. The van der Waals surface area contributed by atoms with Gasteiger partial charge in [-0.05, 0) is 32.9 Å². The monoisotopic (exact) mass is 362 g/mol. The number of aromatic nitrogens is 2. The van der Waals surface area contributed by atoms with Crippen LogP contribution in [0.2, 0.25) is 0 Å². The number of aryl methyl sites for hydroxylation is 2. The van der Waals surface area contributed by atoms with E-state index in [4.69, 9.17) is 4.52 Å². The van der Waals surface area contributed by atoms with Gasteiger partial charge in [0.2, 0.25) is 5.91 Å². The number of carbonyl (C=O) groups is 2. The summed E-state index contributed by atoms with van der Waals surface area (Å²) in [6, 6.07) is 2.79. The van der Waals surface area contributed by atoms with Crippen LogP contribution in [-0.4, -0.2) is 47.0 Å². The predicted octanol–water partition coefficient (Wildman–Crippen LogP) is 2.19. The average molecular weight is 362 g/mol. The summed E-state index contributed by atoms with van der Waals surface area (Å²) in [5.74, 6) is 0.876. The van der Waals surface area contributed by atoms with Crippen molar-refractivity contribution in [2.75, 3.05) is 14.1 Å². The summed E-state index contributed by atoms with van der Waals surface area (Å²) in [5, 5.41) is 7.25. The number of nitrogens with zero attached hydrogens (tertiary/aromatic N) is 3.